The van der Waals surface area contributed by atoms with Crippen LogP contribution >= 0.6 is 0 Å². The molecule has 0 unspecified atom stereocenters. The minimum atomic E-state index is -1.03. The second kappa shape index (κ2) is 19.0. The number of rotatable bonds is 17. The maximum atomic E-state index is 13.9. The summed E-state index contributed by atoms with van der Waals surface area (Å²) in [4.78, 5) is 56.0. The van der Waals surface area contributed by atoms with Crippen LogP contribution in [-0.2, 0) is 36.8 Å². The Bertz CT molecular complexity index is 1990. The van der Waals surface area contributed by atoms with E-state index in [9.17, 15) is 24.3 Å². The molecule has 290 valence electrons. The quantitative estimate of drug-likeness (QED) is 0.0799. The van der Waals surface area contributed by atoms with Crippen molar-refractivity contribution in [3.8, 4) is 11.1 Å². The molecule has 1 heterocycles. The molecular weight excluding hydrogens is 707 g/mol. The van der Waals surface area contributed by atoms with E-state index in [1.165, 1.54) is 0 Å². The van der Waals surface area contributed by atoms with Gasteiger partial charge >= 0.3 is 12.1 Å². The summed E-state index contributed by atoms with van der Waals surface area (Å²) in [6.45, 7) is 7.60. The van der Waals surface area contributed by atoms with Crippen molar-refractivity contribution in [3.05, 3.63) is 156 Å². The number of esters is 1. The van der Waals surface area contributed by atoms with Gasteiger partial charge in [-0.25, -0.2) is 9.59 Å². The zero-order valence-corrected chi connectivity index (χ0v) is 31.5. The van der Waals surface area contributed by atoms with Gasteiger partial charge in [-0.1, -0.05) is 115 Å². The van der Waals surface area contributed by atoms with E-state index in [1.807, 2.05) is 91.0 Å². The number of hydrogen-bond donors (Lipinski definition) is 3. The summed E-state index contributed by atoms with van der Waals surface area (Å²) in [7, 11) is 0. The van der Waals surface area contributed by atoms with Crippen LogP contribution in [0.5, 0.6) is 0 Å². The number of nitrogens with zero attached hydrogens (tertiary/aromatic N) is 1. The molecule has 56 heavy (non-hydrogen) atoms. The molecule has 4 aromatic rings. The summed E-state index contributed by atoms with van der Waals surface area (Å²) < 4.78 is 11.5. The van der Waals surface area contributed by atoms with Gasteiger partial charge in [0.05, 0.1) is 24.6 Å². The van der Waals surface area contributed by atoms with Gasteiger partial charge in [-0.3, -0.25) is 9.59 Å². The summed E-state index contributed by atoms with van der Waals surface area (Å²) in [6.07, 6.45) is 3.84. The van der Waals surface area contributed by atoms with Crippen LogP contribution in [0.1, 0.15) is 65.5 Å². The summed E-state index contributed by atoms with van der Waals surface area (Å²) in [6, 6.07) is 30.8. The number of carbonyl (C=O) groups is 4. The Labute approximate surface area is 328 Å². The number of benzene rings is 4. The fourth-order valence-electron chi connectivity index (χ4n) is 7.63. The predicted octanol–water partition coefficient (Wildman–Crippen LogP) is 6.79. The number of allylic oxidation sites excluding steroid dienone is 2. The van der Waals surface area contributed by atoms with E-state index in [2.05, 4.69) is 35.9 Å². The molecule has 0 aromatic heterocycles. The Morgan fingerprint density at radius 1 is 0.804 bits per heavy atom. The molecule has 0 saturated carbocycles. The molecule has 6 rings (SSSR count). The van der Waals surface area contributed by atoms with Crippen molar-refractivity contribution >= 4 is 23.9 Å². The number of hydrogen-bond acceptors (Lipinski definition) is 7. The number of aliphatic hydroxyl groups excluding tert-OH is 1. The van der Waals surface area contributed by atoms with Crippen LogP contribution < -0.4 is 10.6 Å². The smallest absolute Gasteiger partial charge is 0.407 e. The Morgan fingerprint density at radius 2 is 1.45 bits per heavy atom. The molecule has 4 aromatic carbocycles. The highest BCUT2D eigenvalue weighted by atomic mass is 16.6. The van der Waals surface area contributed by atoms with Crippen LogP contribution in [0.3, 0.4) is 0 Å². The van der Waals surface area contributed by atoms with Gasteiger partial charge in [0.1, 0.15) is 19.3 Å². The van der Waals surface area contributed by atoms with Crippen LogP contribution in [-0.4, -0.2) is 65.8 Å². The molecule has 4 atom stereocenters. The van der Waals surface area contributed by atoms with Gasteiger partial charge in [0, 0.05) is 18.9 Å². The fraction of sp³-hybridized carbons (Fsp3) is 0.304. The van der Waals surface area contributed by atoms with Crippen LogP contribution in [0.25, 0.3) is 11.1 Å². The molecule has 1 aliphatic heterocycles. The van der Waals surface area contributed by atoms with Crippen molar-refractivity contribution in [2.75, 3.05) is 19.8 Å². The minimum absolute atomic E-state index is 0.0886. The van der Waals surface area contributed by atoms with Crippen molar-refractivity contribution in [1.29, 1.82) is 0 Å². The maximum Gasteiger partial charge on any atom is 0.407 e. The zero-order valence-electron chi connectivity index (χ0n) is 31.5. The number of nitrogens with one attached hydrogen (secondary N) is 2. The Balaban J connectivity index is 1.09. The summed E-state index contributed by atoms with van der Waals surface area (Å²) in [5, 5.41) is 15.8. The van der Waals surface area contributed by atoms with Gasteiger partial charge in [0.15, 0.2) is 0 Å². The van der Waals surface area contributed by atoms with Crippen LogP contribution in [0.15, 0.2) is 128 Å². The standard InChI is InChI=1S/C46H49N3O7/c1-3-5-24-41(48-46(54)56-29-40-38-22-13-11-20-36(38)37-21-12-14-23-39(37)40)45(53)55-30-42(31-16-7-6-8-17-31)47-44(52)33(15-4-2)26-43(51)49-27-34-19-10-9-18-32(34)25-35(49)28-50/h3-4,6-14,16-23,33,35,40-42,50H,1-2,5,15,24-30H2,(H,47,52)(H,48,54)/t33-,35-,41-,42+/m0/s1. The lowest BCUT2D eigenvalue weighted by molar-refractivity contribution is -0.147. The molecule has 1 aliphatic carbocycles. The van der Waals surface area contributed by atoms with Gasteiger partial charge in [-0.15, -0.1) is 13.2 Å². The molecule has 0 bridgehead atoms. The third-order valence-electron chi connectivity index (χ3n) is 10.6. The SMILES string of the molecule is C=CCC[C@H](NC(=O)OCC1c2ccccc2-c2ccccc21)C(=O)OC[C@@H](NC(=O)[C@@H](CC=C)CC(=O)N1Cc2ccccc2C[C@H]1CO)c1ccccc1. The number of aliphatic hydroxyl groups is 1. The third kappa shape index (κ3) is 9.44. The maximum absolute atomic E-state index is 13.9. The lowest BCUT2D eigenvalue weighted by Gasteiger charge is -2.36. The Kier molecular flexibility index (Phi) is 13.5. The van der Waals surface area contributed by atoms with Crippen LogP contribution in [0.2, 0.25) is 0 Å². The second-order valence-electron chi connectivity index (χ2n) is 14.2. The average molecular weight is 756 g/mol. The van der Waals surface area contributed by atoms with Crippen LogP contribution in [0, 0.1) is 5.92 Å². The molecule has 3 amide bonds. The van der Waals surface area contributed by atoms with E-state index in [4.69, 9.17) is 9.47 Å². The Hall–Kier alpha value is -6.00. The van der Waals surface area contributed by atoms with Gasteiger partial charge in [0.25, 0.3) is 0 Å². The van der Waals surface area contributed by atoms with Crippen molar-refractivity contribution in [2.45, 2.75) is 62.7 Å². The van der Waals surface area contributed by atoms with E-state index in [0.717, 1.165) is 33.4 Å². The first-order chi connectivity index (χ1) is 27.3. The highest BCUT2D eigenvalue weighted by Gasteiger charge is 2.34. The molecule has 0 spiro atoms. The molecule has 0 saturated heterocycles. The van der Waals surface area contributed by atoms with Crippen molar-refractivity contribution in [2.24, 2.45) is 5.92 Å². The molecule has 2 aliphatic rings. The number of ether oxygens (including phenoxy) is 2. The number of alkyl carbamates (subject to hydrolysis) is 1. The molecule has 0 radical (unpaired) electrons. The van der Waals surface area contributed by atoms with Gasteiger partial charge < -0.3 is 30.1 Å². The van der Waals surface area contributed by atoms with Crippen molar-refractivity contribution in [1.82, 2.24) is 15.5 Å². The molecule has 0 fully saturated rings. The number of carbonyl (C=O) groups excluding carboxylic acids is 4. The molecule has 10 heteroatoms. The normalized spacial score (nSPS) is 15.9. The first-order valence-corrected chi connectivity index (χ1v) is 19.1. The second-order valence-corrected chi connectivity index (χ2v) is 14.2. The first-order valence-electron chi connectivity index (χ1n) is 19.1. The number of fused-ring (bicyclic) bond motifs is 4. The largest absolute Gasteiger partial charge is 0.462 e. The molecule has 10 nitrogen and oxygen atoms in total. The Morgan fingerprint density at radius 3 is 2.11 bits per heavy atom. The van der Waals surface area contributed by atoms with E-state index < -0.39 is 42.0 Å². The van der Waals surface area contributed by atoms with Gasteiger partial charge in [-0.2, -0.15) is 0 Å². The molecular formula is C46H49N3O7. The van der Waals surface area contributed by atoms with E-state index in [0.29, 0.717) is 24.9 Å². The van der Waals surface area contributed by atoms with Crippen molar-refractivity contribution < 1.29 is 33.8 Å². The highest BCUT2D eigenvalue weighted by molar-refractivity contribution is 5.87. The van der Waals surface area contributed by atoms with E-state index in [-0.39, 0.29) is 50.9 Å². The zero-order chi connectivity index (χ0) is 39.4. The third-order valence-corrected chi connectivity index (χ3v) is 10.6. The van der Waals surface area contributed by atoms with Gasteiger partial charge in [0.2, 0.25) is 11.8 Å². The average Bonchev–Trinajstić information content (AvgIpc) is 3.55. The topological polar surface area (TPSA) is 134 Å². The summed E-state index contributed by atoms with van der Waals surface area (Å²) >= 11 is 0. The summed E-state index contributed by atoms with van der Waals surface area (Å²) in [5.41, 5.74) is 7.16. The lowest BCUT2D eigenvalue weighted by Crippen LogP contribution is -2.47. The van der Waals surface area contributed by atoms with Crippen molar-refractivity contribution in [3.63, 3.8) is 0 Å². The molecule has 3 N–H and O–H groups in total. The fourth-order valence-corrected chi connectivity index (χ4v) is 7.63. The summed E-state index contributed by atoms with van der Waals surface area (Å²) in [5.74, 6) is -2.23. The monoisotopic (exact) mass is 755 g/mol. The number of amides is 3. The van der Waals surface area contributed by atoms with Crippen LogP contribution in [0.4, 0.5) is 4.79 Å². The van der Waals surface area contributed by atoms with E-state index >= 15 is 0 Å². The highest BCUT2D eigenvalue weighted by Crippen LogP contribution is 2.44. The lowest BCUT2D eigenvalue weighted by atomic mass is 9.92. The van der Waals surface area contributed by atoms with E-state index in [1.54, 1.807) is 17.1 Å². The minimum Gasteiger partial charge on any atom is -0.462 e. The first kappa shape index (κ1) is 39.7. The predicted molar refractivity (Wildman–Crippen MR) is 214 cm³/mol. The van der Waals surface area contributed by atoms with Gasteiger partial charge in [-0.05, 0) is 64.6 Å².